The van der Waals surface area contributed by atoms with Crippen LogP contribution >= 0.6 is 0 Å². The van der Waals surface area contributed by atoms with Gasteiger partial charge in [0.05, 0.1) is 6.61 Å². The molecule has 0 aliphatic rings. The summed E-state index contributed by atoms with van der Waals surface area (Å²) < 4.78 is 22.8. The third kappa shape index (κ3) is 5.42. The quantitative estimate of drug-likeness (QED) is 0.736. The second-order valence-corrected chi connectivity index (χ2v) is 3.76. The van der Waals surface area contributed by atoms with E-state index >= 15 is 0 Å². The van der Waals surface area contributed by atoms with Crippen molar-refractivity contribution in [1.29, 1.82) is 0 Å². The number of halogens is 1. The molecule has 0 atom stereocenters. The molecule has 0 saturated carbocycles. The zero-order valence-electron chi connectivity index (χ0n) is 10.8. The number of ether oxygens (including phenoxy) is 2. The number of hydrogen-bond donors (Lipinski definition) is 1. The Hall–Kier alpha value is -2.04. The van der Waals surface area contributed by atoms with Gasteiger partial charge in [0.25, 0.3) is 0 Å². The molecule has 0 bridgehead atoms. The zero-order valence-corrected chi connectivity index (χ0v) is 10.8. The number of carbonyl (C=O) groups is 1. The maximum absolute atomic E-state index is 12.2. The van der Waals surface area contributed by atoms with Gasteiger partial charge < -0.3 is 14.6 Å². The summed E-state index contributed by atoms with van der Waals surface area (Å²) in [4.78, 5) is 10.5. The highest BCUT2D eigenvalue weighted by molar-refractivity contribution is 5.86. The van der Waals surface area contributed by atoms with E-state index in [1.807, 2.05) is 6.92 Å². The lowest BCUT2D eigenvalue weighted by atomic mass is 10.1. The molecule has 0 aliphatic carbocycles. The highest BCUT2D eigenvalue weighted by Gasteiger charge is 2.05. The van der Waals surface area contributed by atoms with E-state index in [-0.39, 0.29) is 6.61 Å². The van der Waals surface area contributed by atoms with Crippen LogP contribution in [0.3, 0.4) is 0 Å². The summed E-state index contributed by atoms with van der Waals surface area (Å²) in [7, 11) is 0. The molecule has 0 saturated heterocycles. The number of benzene rings is 1. The Morgan fingerprint density at radius 2 is 2.16 bits per heavy atom. The SMILES string of the molecule is CCCOc1ccc(/C=C/C(=O)O)c(OCCF)c1. The smallest absolute Gasteiger partial charge is 0.328 e. The van der Waals surface area contributed by atoms with Crippen LogP contribution in [0.1, 0.15) is 18.9 Å². The Kier molecular flexibility index (Phi) is 6.43. The molecule has 4 nitrogen and oxygen atoms in total. The lowest BCUT2D eigenvalue weighted by molar-refractivity contribution is -0.131. The van der Waals surface area contributed by atoms with Crippen LogP contribution in [0.25, 0.3) is 6.08 Å². The monoisotopic (exact) mass is 268 g/mol. The van der Waals surface area contributed by atoms with E-state index in [4.69, 9.17) is 14.6 Å². The molecule has 1 N–H and O–H groups in total. The minimum absolute atomic E-state index is 0.0782. The van der Waals surface area contributed by atoms with E-state index in [0.717, 1.165) is 12.5 Å². The molecular weight excluding hydrogens is 251 g/mol. The van der Waals surface area contributed by atoms with Crippen LogP contribution in [-0.4, -0.2) is 31.0 Å². The minimum Gasteiger partial charge on any atom is -0.493 e. The molecule has 0 heterocycles. The summed E-state index contributed by atoms with van der Waals surface area (Å²) in [5, 5.41) is 8.60. The molecule has 0 amide bonds. The van der Waals surface area contributed by atoms with E-state index in [0.29, 0.717) is 23.7 Å². The molecule has 1 rings (SSSR count). The van der Waals surface area contributed by atoms with Gasteiger partial charge in [-0.3, -0.25) is 0 Å². The van der Waals surface area contributed by atoms with Crippen molar-refractivity contribution in [2.75, 3.05) is 19.9 Å². The van der Waals surface area contributed by atoms with Crippen LogP contribution in [0.2, 0.25) is 0 Å². The molecule has 0 spiro atoms. The van der Waals surface area contributed by atoms with Crippen molar-refractivity contribution in [2.45, 2.75) is 13.3 Å². The van der Waals surface area contributed by atoms with E-state index < -0.39 is 12.6 Å². The Balaban J connectivity index is 2.91. The maximum atomic E-state index is 12.2. The van der Waals surface area contributed by atoms with E-state index in [2.05, 4.69) is 0 Å². The number of hydrogen-bond acceptors (Lipinski definition) is 3. The molecule has 5 heteroatoms. The van der Waals surface area contributed by atoms with Crippen molar-refractivity contribution >= 4 is 12.0 Å². The standard InChI is InChI=1S/C14H17FO4/c1-2-8-18-12-5-3-11(4-6-14(16)17)13(10-12)19-9-7-15/h3-6,10H,2,7-9H2,1H3,(H,16,17)/b6-4+. The second-order valence-electron chi connectivity index (χ2n) is 3.76. The van der Waals surface area contributed by atoms with Gasteiger partial charge in [0, 0.05) is 17.7 Å². The molecule has 104 valence electrons. The molecule has 1 aromatic rings. The molecule has 0 fully saturated rings. The Bertz CT molecular complexity index is 443. The average Bonchev–Trinajstić information content (AvgIpc) is 2.41. The Labute approximate surface area is 111 Å². The van der Waals surface area contributed by atoms with E-state index in [9.17, 15) is 9.18 Å². The van der Waals surface area contributed by atoms with Gasteiger partial charge in [0.1, 0.15) is 24.8 Å². The third-order valence-corrected chi connectivity index (χ3v) is 2.20. The van der Waals surface area contributed by atoms with E-state index in [1.54, 1.807) is 18.2 Å². The molecule has 0 radical (unpaired) electrons. The third-order valence-electron chi connectivity index (χ3n) is 2.20. The summed E-state index contributed by atoms with van der Waals surface area (Å²) >= 11 is 0. The van der Waals surface area contributed by atoms with Crippen molar-refractivity contribution in [3.05, 3.63) is 29.8 Å². The number of carboxylic acids is 1. The highest BCUT2D eigenvalue weighted by Crippen LogP contribution is 2.26. The normalized spacial score (nSPS) is 10.6. The van der Waals surface area contributed by atoms with Gasteiger partial charge in [-0.1, -0.05) is 6.92 Å². The predicted octanol–water partition coefficient (Wildman–Crippen LogP) is 2.92. The van der Waals surface area contributed by atoms with Crippen molar-refractivity contribution in [2.24, 2.45) is 0 Å². The number of rotatable bonds is 8. The molecule has 0 unspecified atom stereocenters. The molecule has 0 aliphatic heterocycles. The number of carboxylic acid groups (broad SMARTS) is 1. The van der Waals surface area contributed by atoms with Gasteiger partial charge in [-0.15, -0.1) is 0 Å². The molecular formula is C14H17FO4. The highest BCUT2D eigenvalue weighted by atomic mass is 19.1. The first kappa shape index (κ1) is 15.0. The van der Waals surface area contributed by atoms with E-state index in [1.165, 1.54) is 6.08 Å². The number of aliphatic carboxylic acids is 1. The molecule has 1 aromatic carbocycles. The zero-order chi connectivity index (χ0) is 14.1. The van der Waals surface area contributed by atoms with Crippen molar-refractivity contribution < 1.29 is 23.8 Å². The van der Waals surface area contributed by atoms with Gasteiger partial charge >= 0.3 is 5.97 Å². The average molecular weight is 268 g/mol. The van der Waals surface area contributed by atoms with Crippen LogP contribution < -0.4 is 9.47 Å². The van der Waals surface area contributed by atoms with Crippen molar-refractivity contribution in [3.8, 4) is 11.5 Å². The van der Waals surface area contributed by atoms with Gasteiger partial charge in [-0.05, 0) is 24.6 Å². The fourth-order valence-corrected chi connectivity index (χ4v) is 1.40. The van der Waals surface area contributed by atoms with Crippen LogP contribution in [0.4, 0.5) is 4.39 Å². The lowest BCUT2D eigenvalue weighted by Crippen LogP contribution is -2.02. The predicted molar refractivity (Wildman–Crippen MR) is 70.4 cm³/mol. The summed E-state index contributed by atoms with van der Waals surface area (Å²) in [5.74, 6) is -0.0327. The van der Waals surface area contributed by atoms with Gasteiger partial charge in [0.15, 0.2) is 0 Å². The van der Waals surface area contributed by atoms with Gasteiger partial charge in [-0.2, -0.15) is 0 Å². The summed E-state index contributed by atoms with van der Waals surface area (Å²) in [6.07, 6.45) is 3.28. The minimum atomic E-state index is -1.05. The number of alkyl halides is 1. The Morgan fingerprint density at radius 1 is 1.37 bits per heavy atom. The first-order valence-electron chi connectivity index (χ1n) is 6.04. The van der Waals surface area contributed by atoms with Crippen LogP contribution in [0.15, 0.2) is 24.3 Å². The Morgan fingerprint density at radius 3 is 2.79 bits per heavy atom. The first-order valence-corrected chi connectivity index (χ1v) is 6.04. The van der Waals surface area contributed by atoms with Crippen LogP contribution in [-0.2, 0) is 4.79 Å². The fourth-order valence-electron chi connectivity index (χ4n) is 1.40. The summed E-state index contributed by atoms with van der Waals surface area (Å²) in [6.45, 7) is 1.88. The van der Waals surface area contributed by atoms with Crippen molar-refractivity contribution in [1.82, 2.24) is 0 Å². The summed E-state index contributed by atoms with van der Waals surface area (Å²) in [6, 6.07) is 5.03. The second kappa shape index (κ2) is 8.13. The van der Waals surface area contributed by atoms with Crippen LogP contribution in [0, 0.1) is 0 Å². The fraction of sp³-hybridized carbons (Fsp3) is 0.357. The van der Waals surface area contributed by atoms with Gasteiger partial charge in [0.2, 0.25) is 0 Å². The topological polar surface area (TPSA) is 55.8 Å². The van der Waals surface area contributed by atoms with Crippen molar-refractivity contribution in [3.63, 3.8) is 0 Å². The molecule has 19 heavy (non-hydrogen) atoms. The van der Waals surface area contributed by atoms with Gasteiger partial charge in [-0.25, -0.2) is 9.18 Å². The maximum Gasteiger partial charge on any atom is 0.328 e. The van der Waals surface area contributed by atoms with Crippen LogP contribution in [0.5, 0.6) is 11.5 Å². The lowest BCUT2D eigenvalue weighted by Gasteiger charge is -2.11. The molecule has 0 aromatic heterocycles. The first-order chi connectivity index (χ1) is 9.17. The summed E-state index contributed by atoms with van der Waals surface area (Å²) in [5.41, 5.74) is 0.569. The largest absolute Gasteiger partial charge is 0.493 e.